The highest BCUT2D eigenvalue weighted by atomic mass is 16.2. The summed E-state index contributed by atoms with van der Waals surface area (Å²) in [6, 6.07) is 8.30. The van der Waals surface area contributed by atoms with Crippen LogP contribution in [0.25, 0.3) is 0 Å². The summed E-state index contributed by atoms with van der Waals surface area (Å²) in [5.41, 5.74) is 4.59. The second-order valence-electron chi connectivity index (χ2n) is 6.78. The van der Waals surface area contributed by atoms with Crippen LogP contribution in [-0.4, -0.2) is 39.4 Å². The summed E-state index contributed by atoms with van der Waals surface area (Å²) in [5.74, 6) is 0.185. The van der Waals surface area contributed by atoms with E-state index in [1.54, 1.807) is 6.33 Å². The first-order valence-electron chi connectivity index (χ1n) is 8.58. The summed E-state index contributed by atoms with van der Waals surface area (Å²) in [6.45, 7) is 5.73. The maximum absolute atomic E-state index is 13.2. The van der Waals surface area contributed by atoms with Gasteiger partial charge >= 0.3 is 0 Å². The number of nitrogens with zero attached hydrogens (tertiary/aromatic N) is 4. The number of carbonyl (C=O) groups excluding carboxylic acids is 1. The molecule has 2 aromatic rings. The Hall–Kier alpha value is -2.27. The summed E-state index contributed by atoms with van der Waals surface area (Å²) in [6.07, 6.45) is 5.32. The van der Waals surface area contributed by atoms with Crippen molar-refractivity contribution < 1.29 is 4.79 Å². The van der Waals surface area contributed by atoms with Crippen LogP contribution in [0.4, 0.5) is 5.69 Å². The highest BCUT2D eigenvalue weighted by Gasteiger charge is 2.36. The summed E-state index contributed by atoms with van der Waals surface area (Å²) < 4.78 is 0. The number of amides is 1. The van der Waals surface area contributed by atoms with E-state index in [1.165, 1.54) is 11.1 Å². The molecule has 5 nitrogen and oxygen atoms in total. The lowest BCUT2D eigenvalue weighted by Gasteiger charge is -2.35. The van der Waals surface area contributed by atoms with E-state index >= 15 is 0 Å². The van der Waals surface area contributed by atoms with Gasteiger partial charge in [0.2, 0.25) is 5.91 Å². The first kappa shape index (κ1) is 15.3. The second kappa shape index (κ2) is 5.98. The number of hydrogen-bond donors (Lipinski definition) is 0. The Kier molecular flexibility index (Phi) is 3.81. The number of hydrogen-bond acceptors (Lipinski definition) is 4. The molecule has 3 heterocycles. The van der Waals surface area contributed by atoms with Crippen molar-refractivity contribution in [3.8, 4) is 0 Å². The predicted octanol–water partition coefficient (Wildman–Crippen LogP) is 2.20. The number of fused-ring (bicyclic) bond motifs is 2. The van der Waals surface area contributed by atoms with Gasteiger partial charge in [-0.05, 0) is 43.9 Å². The van der Waals surface area contributed by atoms with Gasteiger partial charge < -0.3 is 4.90 Å². The summed E-state index contributed by atoms with van der Waals surface area (Å²) in [5, 5.41) is 0. The van der Waals surface area contributed by atoms with Crippen molar-refractivity contribution in [2.75, 3.05) is 11.4 Å². The fourth-order valence-electron chi connectivity index (χ4n) is 3.86. The molecular formula is C19H22N4O. The van der Waals surface area contributed by atoms with E-state index in [0.717, 1.165) is 30.8 Å². The number of para-hydroxylation sites is 1. The lowest BCUT2D eigenvalue weighted by Crippen LogP contribution is -2.50. The van der Waals surface area contributed by atoms with E-state index in [0.29, 0.717) is 6.54 Å². The molecule has 0 unspecified atom stereocenters. The van der Waals surface area contributed by atoms with Gasteiger partial charge in [-0.25, -0.2) is 9.97 Å². The van der Waals surface area contributed by atoms with Crippen LogP contribution in [0, 0.1) is 0 Å². The Bertz CT molecular complexity index is 775. The molecule has 124 valence electrons. The fourth-order valence-corrected chi connectivity index (χ4v) is 3.86. The number of carbonyl (C=O) groups is 1. The third-order valence-electron chi connectivity index (χ3n) is 5.25. The maximum Gasteiger partial charge on any atom is 0.244 e. The smallest absolute Gasteiger partial charge is 0.244 e. The van der Waals surface area contributed by atoms with Crippen LogP contribution in [-0.2, 0) is 24.2 Å². The van der Waals surface area contributed by atoms with Gasteiger partial charge in [0.15, 0.2) is 0 Å². The lowest BCUT2D eigenvalue weighted by molar-refractivity contribution is -0.123. The molecule has 2 aliphatic heterocycles. The van der Waals surface area contributed by atoms with Crippen molar-refractivity contribution in [2.24, 2.45) is 0 Å². The maximum atomic E-state index is 13.2. The van der Waals surface area contributed by atoms with Gasteiger partial charge in [0, 0.05) is 31.0 Å². The first-order chi connectivity index (χ1) is 11.6. The molecule has 0 saturated carbocycles. The number of benzene rings is 1. The van der Waals surface area contributed by atoms with E-state index in [-0.39, 0.29) is 18.0 Å². The van der Waals surface area contributed by atoms with Crippen LogP contribution >= 0.6 is 0 Å². The third kappa shape index (κ3) is 2.49. The normalized spacial score (nSPS) is 21.2. The zero-order valence-corrected chi connectivity index (χ0v) is 14.1. The molecule has 24 heavy (non-hydrogen) atoms. The van der Waals surface area contributed by atoms with E-state index in [4.69, 9.17) is 0 Å². The van der Waals surface area contributed by atoms with Crippen molar-refractivity contribution in [1.82, 2.24) is 14.9 Å². The SMILES string of the molecule is C[C@H](C(=O)N1c2ccccc2C[C@@H]1C)N1CCc2cncnc2C1. The minimum absolute atomic E-state index is 0.151. The third-order valence-corrected chi connectivity index (χ3v) is 5.25. The largest absolute Gasteiger partial charge is 0.308 e. The van der Waals surface area contributed by atoms with Crippen molar-refractivity contribution in [3.63, 3.8) is 0 Å². The number of anilines is 1. The second-order valence-corrected chi connectivity index (χ2v) is 6.78. The van der Waals surface area contributed by atoms with Gasteiger partial charge in [0.1, 0.15) is 6.33 Å². The van der Waals surface area contributed by atoms with Gasteiger partial charge in [-0.2, -0.15) is 0 Å². The molecule has 0 N–H and O–H groups in total. The molecule has 0 radical (unpaired) electrons. The predicted molar refractivity (Wildman–Crippen MR) is 92.7 cm³/mol. The average molecular weight is 322 g/mol. The number of rotatable bonds is 2. The topological polar surface area (TPSA) is 49.3 Å². The Morgan fingerprint density at radius 1 is 1.29 bits per heavy atom. The zero-order chi connectivity index (χ0) is 16.7. The molecule has 1 aromatic carbocycles. The molecule has 4 rings (SSSR count). The minimum Gasteiger partial charge on any atom is -0.308 e. The van der Waals surface area contributed by atoms with Crippen LogP contribution in [0.3, 0.4) is 0 Å². The fraction of sp³-hybridized carbons (Fsp3) is 0.421. The van der Waals surface area contributed by atoms with Crippen molar-refractivity contribution in [2.45, 2.75) is 45.3 Å². The monoisotopic (exact) mass is 322 g/mol. The molecule has 0 fully saturated rings. The molecule has 1 aromatic heterocycles. The Morgan fingerprint density at radius 3 is 3.00 bits per heavy atom. The summed E-state index contributed by atoms with van der Waals surface area (Å²) in [7, 11) is 0. The quantitative estimate of drug-likeness (QED) is 0.850. The summed E-state index contributed by atoms with van der Waals surface area (Å²) >= 11 is 0. The van der Waals surface area contributed by atoms with Gasteiger partial charge in [0.05, 0.1) is 11.7 Å². The highest BCUT2D eigenvalue weighted by Crippen LogP contribution is 2.33. The van der Waals surface area contributed by atoms with Crippen LogP contribution < -0.4 is 4.90 Å². The van der Waals surface area contributed by atoms with Crippen LogP contribution in [0.5, 0.6) is 0 Å². The first-order valence-corrected chi connectivity index (χ1v) is 8.58. The van der Waals surface area contributed by atoms with Crippen molar-refractivity contribution in [3.05, 3.63) is 53.6 Å². The van der Waals surface area contributed by atoms with E-state index in [2.05, 4.69) is 33.9 Å². The van der Waals surface area contributed by atoms with Crippen molar-refractivity contribution in [1.29, 1.82) is 0 Å². The Morgan fingerprint density at radius 2 is 2.12 bits per heavy atom. The van der Waals surface area contributed by atoms with Crippen LogP contribution in [0.15, 0.2) is 36.8 Å². The van der Waals surface area contributed by atoms with Gasteiger partial charge in [-0.3, -0.25) is 9.69 Å². The molecule has 0 bridgehead atoms. The van der Waals surface area contributed by atoms with E-state index < -0.39 is 0 Å². The van der Waals surface area contributed by atoms with Crippen LogP contribution in [0.2, 0.25) is 0 Å². The molecule has 0 spiro atoms. The van der Waals surface area contributed by atoms with Gasteiger partial charge in [-0.15, -0.1) is 0 Å². The minimum atomic E-state index is -0.151. The lowest BCUT2D eigenvalue weighted by atomic mass is 10.0. The highest BCUT2D eigenvalue weighted by molar-refractivity contribution is 5.99. The molecule has 1 amide bonds. The Balaban J connectivity index is 1.55. The molecule has 5 heteroatoms. The number of aromatic nitrogens is 2. The zero-order valence-electron chi connectivity index (χ0n) is 14.1. The van der Waals surface area contributed by atoms with Gasteiger partial charge in [-0.1, -0.05) is 18.2 Å². The standard InChI is InChI=1S/C19H22N4O/c1-13-9-15-5-3-4-6-18(15)23(13)19(24)14(2)22-8-7-16-10-20-12-21-17(16)11-22/h3-6,10,12-14H,7-9,11H2,1-2H3/t13-,14+/m0/s1. The van der Waals surface area contributed by atoms with Gasteiger partial charge in [0.25, 0.3) is 0 Å². The Labute approximate surface area is 142 Å². The molecule has 2 aliphatic rings. The summed E-state index contributed by atoms with van der Waals surface area (Å²) in [4.78, 5) is 25.9. The van der Waals surface area contributed by atoms with Crippen molar-refractivity contribution >= 4 is 11.6 Å². The molecular weight excluding hydrogens is 300 g/mol. The van der Waals surface area contributed by atoms with E-state index in [1.807, 2.05) is 30.2 Å². The molecule has 0 saturated heterocycles. The molecule has 0 aliphatic carbocycles. The molecule has 2 atom stereocenters. The average Bonchev–Trinajstić information content (AvgIpc) is 2.95. The van der Waals surface area contributed by atoms with E-state index in [9.17, 15) is 4.79 Å². The van der Waals surface area contributed by atoms with Crippen LogP contribution in [0.1, 0.15) is 30.7 Å².